The van der Waals surface area contributed by atoms with E-state index in [2.05, 4.69) is 11.2 Å². The van der Waals surface area contributed by atoms with Crippen molar-refractivity contribution in [3.63, 3.8) is 0 Å². The first-order valence-corrected chi connectivity index (χ1v) is 7.36. The van der Waals surface area contributed by atoms with Gasteiger partial charge in [-0.1, -0.05) is 29.3 Å². The molecule has 0 aliphatic heterocycles. The summed E-state index contributed by atoms with van der Waals surface area (Å²) in [6, 6.07) is 3.93. The second-order valence-corrected chi connectivity index (χ2v) is 6.02. The highest BCUT2D eigenvalue weighted by Gasteiger charge is 2.23. The second kappa shape index (κ2) is 6.35. The third-order valence-electron chi connectivity index (χ3n) is 2.72. The minimum atomic E-state index is -1.19. The Labute approximate surface area is 134 Å². The van der Waals surface area contributed by atoms with E-state index < -0.39 is 17.9 Å². The van der Waals surface area contributed by atoms with Gasteiger partial charge in [-0.25, -0.2) is 4.79 Å². The highest BCUT2D eigenvalue weighted by Crippen LogP contribution is 2.36. The van der Waals surface area contributed by atoms with Crippen LogP contribution < -0.4 is 5.32 Å². The molecule has 0 fully saturated rings. The first kappa shape index (κ1) is 15.6. The van der Waals surface area contributed by atoms with Crippen molar-refractivity contribution in [1.29, 1.82) is 0 Å². The van der Waals surface area contributed by atoms with Crippen LogP contribution in [0.3, 0.4) is 0 Å². The Morgan fingerprint density at radius 3 is 2.76 bits per heavy atom. The van der Waals surface area contributed by atoms with Gasteiger partial charge in [0.05, 0.1) is 5.02 Å². The standard InChI is InChI=1S/C14H9Cl2NO3S/c1-2-3-9(14(19)20)17-13(18)12-11(16)8-5-4-7(15)6-10(8)21-12/h1,4-6,9H,3H2,(H,17,18)(H,19,20). The van der Waals surface area contributed by atoms with Gasteiger partial charge in [0, 0.05) is 21.5 Å². The Kier molecular flexibility index (Phi) is 4.73. The van der Waals surface area contributed by atoms with E-state index in [-0.39, 0.29) is 16.3 Å². The summed E-state index contributed by atoms with van der Waals surface area (Å²) in [5.41, 5.74) is 0. The molecule has 1 heterocycles. The number of thiophene rings is 1. The molecule has 1 atom stereocenters. The number of amides is 1. The lowest BCUT2D eigenvalue weighted by molar-refractivity contribution is -0.139. The predicted octanol–water partition coefficient (Wildman–Crippen LogP) is 3.41. The molecule has 2 rings (SSSR count). The van der Waals surface area contributed by atoms with E-state index in [0.717, 1.165) is 16.0 Å². The summed E-state index contributed by atoms with van der Waals surface area (Å²) in [5.74, 6) is 0.450. The molecule has 0 saturated heterocycles. The van der Waals surface area contributed by atoms with Crippen molar-refractivity contribution >= 4 is 56.5 Å². The fourth-order valence-electron chi connectivity index (χ4n) is 1.73. The first-order chi connectivity index (χ1) is 9.93. The van der Waals surface area contributed by atoms with Gasteiger partial charge >= 0.3 is 5.97 Å². The molecule has 2 N–H and O–H groups in total. The van der Waals surface area contributed by atoms with Crippen molar-refractivity contribution in [2.45, 2.75) is 12.5 Å². The SMILES string of the molecule is C#CCC(NC(=O)c1sc2cc(Cl)ccc2c1Cl)C(=O)O. The van der Waals surface area contributed by atoms with Gasteiger partial charge in [0.25, 0.3) is 5.91 Å². The molecule has 1 amide bonds. The van der Waals surface area contributed by atoms with E-state index in [9.17, 15) is 9.59 Å². The molecule has 0 bridgehead atoms. The molecule has 7 heteroatoms. The zero-order valence-electron chi connectivity index (χ0n) is 10.5. The number of hydrogen-bond donors (Lipinski definition) is 2. The third kappa shape index (κ3) is 3.30. The maximum absolute atomic E-state index is 12.2. The maximum Gasteiger partial charge on any atom is 0.327 e. The number of carboxylic acid groups (broad SMARTS) is 1. The number of benzene rings is 1. The zero-order valence-corrected chi connectivity index (χ0v) is 12.9. The lowest BCUT2D eigenvalue weighted by Crippen LogP contribution is -2.40. The Morgan fingerprint density at radius 2 is 2.14 bits per heavy atom. The van der Waals surface area contributed by atoms with Crippen LogP contribution in [-0.4, -0.2) is 23.0 Å². The summed E-state index contributed by atoms with van der Waals surface area (Å²) in [6.07, 6.45) is 4.98. The van der Waals surface area contributed by atoms with Crippen LogP contribution in [-0.2, 0) is 4.79 Å². The van der Waals surface area contributed by atoms with Crippen LogP contribution >= 0.6 is 34.5 Å². The Bertz CT molecular complexity index is 763. The van der Waals surface area contributed by atoms with Crippen molar-refractivity contribution in [3.05, 3.63) is 33.1 Å². The van der Waals surface area contributed by atoms with Crippen LogP contribution in [0, 0.1) is 12.3 Å². The molecule has 0 radical (unpaired) electrons. The largest absolute Gasteiger partial charge is 0.480 e. The number of terminal acetylenes is 1. The van der Waals surface area contributed by atoms with E-state index in [1.54, 1.807) is 18.2 Å². The highest BCUT2D eigenvalue weighted by atomic mass is 35.5. The van der Waals surface area contributed by atoms with E-state index in [0.29, 0.717) is 10.4 Å². The van der Waals surface area contributed by atoms with Gasteiger partial charge in [0.1, 0.15) is 10.9 Å². The number of carbonyl (C=O) groups is 2. The van der Waals surface area contributed by atoms with Crippen LogP contribution in [0.25, 0.3) is 10.1 Å². The van der Waals surface area contributed by atoms with Crippen molar-refractivity contribution in [2.75, 3.05) is 0 Å². The monoisotopic (exact) mass is 341 g/mol. The van der Waals surface area contributed by atoms with Crippen molar-refractivity contribution in [1.82, 2.24) is 5.32 Å². The van der Waals surface area contributed by atoms with Gasteiger partial charge in [-0.2, -0.15) is 0 Å². The molecule has 0 spiro atoms. The Morgan fingerprint density at radius 1 is 1.43 bits per heavy atom. The number of rotatable bonds is 4. The lowest BCUT2D eigenvalue weighted by atomic mass is 10.2. The Balaban J connectivity index is 2.33. The van der Waals surface area contributed by atoms with Gasteiger partial charge in [-0.15, -0.1) is 23.7 Å². The van der Waals surface area contributed by atoms with Gasteiger partial charge in [0.2, 0.25) is 0 Å². The van der Waals surface area contributed by atoms with Gasteiger partial charge in [-0.05, 0) is 12.1 Å². The lowest BCUT2D eigenvalue weighted by Gasteiger charge is -2.10. The molecular formula is C14H9Cl2NO3S. The average Bonchev–Trinajstić information content (AvgIpc) is 2.74. The summed E-state index contributed by atoms with van der Waals surface area (Å²) < 4.78 is 0.751. The smallest absolute Gasteiger partial charge is 0.327 e. The van der Waals surface area contributed by atoms with Gasteiger partial charge in [-0.3, -0.25) is 4.79 Å². The van der Waals surface area contributed by atoms with Crippen molar-refractivity contribution in [3.8, 4) is 12.3 Å². The topological polar surface area (TPSA) is 66.4 Å². The van der Waals surface area contributed by atoms with Crippen molar-refractivity contribution < 1.29 is 14.7 Å². The summed E-state index contributed by atoms with van der Waals surface area (Å²) in [4.78, 5) is 23.4. The summed E-state index contributed by atoms with van der Waals surface area (Å²) in [7, 11) is 0. The molecular weight excluding hydrogens is 333 g/mol. The number of carbonyl (C=O) groups excluding carboxylic acids is 1. The molecule has 108 valence electrons. The molecule has 1 aromatic heterocycles. The number of carboxylic acids is 1. The fourth-order valence-corrected chi connectivity index (χ4v) is 3.42. The summed E-state index contributed by atoms with van der Waals surface area (Å²) >= 11 is 13.2. The van der Waals surface area contributed by atoms with Crippen LogP contribution in [0.5, 0.6) is 0 Å². The van der Waals surface area contributed by atoms with Crippen LogP contribution in [0.15, 0.2) is 18.2 Å². The molecule has 1 aromatic carbocycles. The first-order valence-electron chi connectivity index (χ1n) is 5.78. The fraction of sp³-hybridized carbons (Fsp3) is 0.143. The number of fused-ring (bicyclic) bond motifs is 1. The van der Waals surface area contributed by atoms with Gasteiger partial charge in [0.15, 0.2) is 0 Å². The zero-order chi connectivity index (χ0) is 15.6. The molecule has 0 aliphatic carbocycles. The van der Waals surface area contributed by atoms with E-state index >= 15 is 0 Å². The second-order valence-electron chi connectivity index (χ2n) is 4.16. The summed E-state index contributed by atoms with van der Waals surface area (Å²) in [6.45, 7) is 0. The molecule has 2 aromatic rings. The van der Waals surface area contributed by atoms with Crippen molar-refractivity contribution in [2.24, 2.45) is 0 Å². The number of nitrogens with one attached hydrogen (secondary N) is 1. The average molecular weight is 342 g/mol. The molecule has 21 heavy (non-hydrogen) atoms. The van der Waals surface area contributed by atoms with Crippen LogP contribution in [0.2, 0.25) is 10.0 Å². The predicted molar refractivity (Wildman–Crippen MR) is 84.2 cm³/mol. The summed E-state index contributed by atoms with van der Waals surface area (Å²) in [5, 5.41) is 12.8. The third-order valence-corrected chi connectivity index (χ3v) is 4.61. The van der Waals surface area contributed by atoms with E-state index in [1.165, 1.54) is 0 Å². The number of hydrogen-bond acceptors (Lipinski definition) is 3. The minimum Gasteiger partial charge on any atom is -0.480 e. The normalized spacial score (nSPS) is 11.9. The molecule has 0 saturated carbocycles. The molecule has 0 aliphatic rings. The van der Waals surface area contributed by atoms with Crippen LogP contribution in [0.4, 0.5) is 0 Å². The van der Waals surface area contributed by atoms with E-state index in [4.69, 9.17) is 34.7 Å². The molecule has 4 nitrogen and oxygen atoms in total. The van der Waals surface area contributed by atoms with E-state index in [1.807, 2.05) is 0 Å². The maximum atomic E-state index is 12.2. The van der Waals surface area contributed by atoms with Gasteiger partial charge < -0.3 is 10.4 Å². The molecule has 1 unspecified atom stereocenters. The van der Waals surface area contributed by atoms with Crippen LogP contribution in [0.1, 0.15) is 16.1 Å². The highest BCUT2D eigenvalue weighted by molar-refractivity contribution is 7.21. The number of aliphatic carboxylic acids is 1. The Hall–Kier alpha value is -1.74. The quantitative estimate of drug-likeness (QED) is 0.837. The number of halogens is 2. The minimum absolute atomic E-state index is 0.102.